The van der Waals surface area contributed by atoms with Gasteiger partial charge in [0, 0.05) is 18.8 Å². The highest BCUT2D eigenvalue weighted by atomic mass is 19.4. The minimum absolute atomic E-state index is 0.0247. The van der Waals surface area contributed by atoms with E-state index in [0.717, 1.165) is 11.6 Å². The predicted molar refractivity (Wildman–Crippen MR) is 76.3 cm³/mol. The van der Waals surface area contributed by atoms with Gasteiger partial charge in [0.15, 0.2) is 0 Å². The number of rotatable bonds is 3. The molecule has 0 aliphatic heterocycles. The number of carbonyl (C=O) groups is 1. The molecule has 3 nitrogen and oxygen atoms in total. The molecule has 2 aromatic heterocycles. The van der Waals surface area contributed by atoms with Crippen molar-refractivity contribution in [3.8, 4) is 0 Å². The summed E-state index contributed by atoms with van der Waals surface area (Å²) >= 11 is 0. The van der Waals surface area contributed by atoms with Crippen LogP contribution in [0.4, 0.5) is 13.2 Å². The Labute approximate surface area is 124 Å². The Kier molecular flexibility index (Phi) is 3.39. The molecule has 0 radical (unpaired) electrons. The Morgan fingerprint density at radius 1 is 1.36 bits per heavy atom. The summed E-state index contributed by atoms with van der Waals surface area (Å²) in [6.07, 6.45) is 4.90. The number of Topliss-reactive ketones (excluding diaryl/α,β-unsaturated/α-hetero) is 1. The van der Waals surface area contributed by atoms with Crippen LogP contribution in [0.2, 0.25) is 0 Å². The first-order valence-electron chi connectivity index (χ1n) is 6.80. The van der Waals surface area contributed by atoms with Gasteiger partial charge in [0.05, 0.1) is 11.3 Å². The number of allylic oxidation sites excluding steroid dienone is 4. The molecule has 1 aliphatic carbocycles. The normalized spacial score (nSPS) is 14.6. The molecule has 0 saturated carbocycles. The Morgan fingerprint density at radius 3 is 2.73 bits per heavy atom. The van der Waals surface area contributed by atoms with Crippen molar-refractivity contribution >= 4 is 17.0 Å². The number of fused-ring (bicyclic) bond motifs is 1. The number of ketones is 1. The zero-order valence-corrected chi connectivity index (χ0v) is 11.8. The SMILES string of the molecule is CC(=O)Cc1cn2cc(C3=CCC=C3)cc(C(F)(F)F)c2n1. The third-order valence-electron chi connectivity index (χ3n) is 3.44. The lowest BCUT2D eigenvalue weighted by Crippen LogP contribution is -2.09. The fourth-order valence-electron chi connectivity index (χ4n) is 2.53. The van der Waals surface area contributed by atoms with E-state index in [-0.39, 0.29) is 17.9 Å². The van der Waals surface area contributed by atoms with Gasteiger partial charge in [0.25, 0.3) is 0 Å². The molecule has 6 heteroatoms. The minimum atomic E-state index is -4.50. The van der Waals surface area contributed by atoms with E-state index < -0.39 is 11.7 Å². The molecule has 0 fully saturated rings. The first-order chi connectivity index (χ1) is 10.3. The molecule has 22 heavy (non-hydrogen) atoms. The van der Waals surface area contributed by atoms with Gasteiger partial charge in [-0.1, -0.05) is 18.2 Å². The monoisotopic (exact) mass is 306 g/mol. The molecule has 0 bridgehead atoms. The first-order valence-corrected chi connectivity index (χ1v) is 6.80. The standard InChI is InChI=1S/C16H13F3N2O/c1-10(22)6-13-9-21-8-12(11-4-2-3-5-11)7-14(15(21)20-13)16(17,18)19/h2,4-5,7-9H,3,6H2,1H3. The van der Waals surface area contributed by atoms with Gasteiger partial charge in [-0.05, 0) is 30.5 Å². The van der Waals surface area contributed by atoms with Crippen LogP contribution in [0.1, 0.15) is 30.2 Å². The Balaban J connectivity index is 2.20. The van der Waals surface area contributed by atoms with Gasteiger partial charge in [-0.3, -0.25) is 4.79 Å². The zero-order valence-electron chi connectivity index (χ0n) is 11.8. The molecule has 0 atom stereocenters. The lowest BCUT2D eigenvalue weighted by molar-refractivity contribution is -0.136. The molecule has 0 unspecified atom stereocenters. The van der Waals surface area contributed by atoms with E-state index in [4.69, 9.17) is 0 Å². The van der Waals surface area contributed by atoms with Crippen LogP contribution >= 0.6 is 0 Å². The Hall–Kier alpha value is -2.37. The second-order valence-corrected chi connectivity index (χ2v) is 5.28. The second kappa shape index (κ2) is 5.12. The number of hydrogen-bond donors (Lipinski definition) is 0. The highest BCUT2D eigenvalue weighted by molar-refractivity contribution is 5.79. The molecule has 114 valence electrons. The summed E-state index contributed by atoms with van der Waals surface area (Å²) in [5, 5.41) is 0. The molecule has 0 aromatic carbocycles. The highest BCUT2D eigenvalue weighted by Gasteiger charge is 2.35. The van der Waals surface area contributed by atoms with Gasteiger partial charge >= 0.3 is 6.18 Å². The van der Waals surface area contributed by atoms with Crippen LogP contribution < -0.4 is 0 Å². The van der Waals surface area contributed by atoms with Crippen molar-refractivity contribution in [2.24, 2.45) is 0 Å². The molecule has 0 N–H and O–H groups in total. The van der Waals surface area contributed by atoms with Gasteiger partial charge in [0.2, 0.25) is 0 Å². The summed E-state index contributed by atoms with van der Waals surface area (Å²) in [5.74, 6) is -0.140. The minimum Gasteiger partial charge on any atom is -0.306 e. The molecule has 2 aromatic rings. The van der Waals surface area contributed by atoms with Crippen LogP contribution in [0.25, 0.3) is 11.2 Å². The number of imidazole rings is 1. The number of pyridine rings is 1. The van der Waals surface area contributed by atoms with Gasteiger partial charge < -0.3 is 4.40 Å². The maximum Gasteiger partial charge on any atom is 0.420 e. The van der Waals surface area contributed by atoms with Crippen molar-refractivity contribution < 1.29 is 18.0 Å². The average molecular weight is 306 g/mol. The van der Waals surface area contributed by atoms with Crippen LogP contribution in [0.15, 0.2) is 36.7 Å². The number of halogens is 3. The van der Waals surface area contributed by atoms with Gasteiger partial charge in [0.1, 0.15) is 11.4 Å². The quantitative estimate of drug-likeness (QED) is 0.863. The van der Waals surface area contributed by atoms with Crippen molar-refractivity contribution in [3.05, 3.63) is 53.5 Å². The largest absolute Gasteiger partial charge is 0.420 e. The van der Waals surface area contributed by atoms with Crippen molar-refractivity contribution in [3.63, 3.8) is 0 Å². The van der Waals surface area contributed by atoms with E-state index in [1.54, 1.807) is 12.3 Å². The number of carbonyl (C=O) groups excluding carboxylic acids is 1. The van der Waals surface area contributed by atoms with Crippen LogP contribution in [0.5, 0.6) is 0 Å². The summed E-state index contributed by atoms with van der Waals surface area (Å²) in [4.78, 5) is 15.1. The predicted octanol–water partition coefficient (Wildman–Crippen LogP) is 3.83. The lowest BCUT2D eigenvalue weighted by Gasteiger charge is -2.11. The maximum absolute atomic E-state index is 13.3. The van der Waals surface area contributed by atoms with Crippen molar-refractivity contribution in [2.45, 2.75) is 25.9 Å². The molecular formula is C16H13F3N2O. The fraction of sp³-hybridized carbons (Fsp3) is 0.250. The average Bonchev–Trinajstić information content (AvgIpc) is 3.03. The molecular weight excluding hydrogens is 293 g/mol. The Bertz CT molecular complexity index is 813. The van der Waals surface area contributed by atoms with Gasteiger partial charge in [-0.25, -0.2) is 4.98 Å². The van der Waals surface area contributed by atoms with Crippen LogP contribution in [0.3, 0.4) is 0 Å². The molecule has 0 spiro atoms. The number of hydrogen-bond acceptors (Lipinski definition) is 2. The molecule has 1 aliphatic rings. The molecule has 2 heterocycles. The second-order valence-electron chi connectivity index (χ2n) is 5.28. The summed E-state index contributed by atoms with van der Waals surface area (Å²) in [6, 6.07) is 1.11. The van der Waals surface area contributed by atoms with Crippen molar-refractivity contribution in [1.82, 2.24) is 9.38 Å². The van der Waals surface area contributed by atoms with Crippen molar-refractivity contribution in [1.29, 1.82) is 0 Å². The number of nitrogens with zero attached hydrogens (tertiary/aromatic N) is 2. The smallest absolute Gasteiger partial charge is 0.306 e. The van der Waals surface area contributed by atoms with E-state index in [0.29, 0.717) is 17.7 Å². The topological polar surface area (TPSA) is 34.4 Å². The van der Waals surface area contributed by atoms with Crippen molar-refractivity contribution in [2.75, 3.05) is 0 Å². The third-order valence-corrected chi connectivity index (χ3v) is 3.44. The van der Waals surface area contributed by atoms with Crippen LogP contribution in [0, 0.1) is 0 Å². The number of aromatic nitrogens is 2. The van der Waals surface area contributed by atoms with E-state index >= 15 is 0 Å². The van der Waals surface area contributed by atoms with Crippen LogP contribution in [-0.4, -0.2) is 15.2 Å². The van der Waals surface area contributed by atoms with Gasteiger partial charge in [-0.2, -0.15) is 13.2 Å². The van der Waals surface area contributed by atoms with Gasteiger partial charge in [-0.15, -0.1) is 0 Å². The first kappa shape index (κ1) is 14.6. The van der Waals surface area contributed by atoms with E-state index in [1.807, 2.05) is 12.2 Å². The highest BCUT2D eigenvalue weighted by Crippen LogP contribution is 2.35. The zero-order chi connectivity index (χ0) is 15.9. The lowest BCUT2D eigenvalue weighted by atomic mass is 10.1. The number of alkyl halides is 3. The summed E-state index contributed by atoms with van der Waals surface area (Å²) in [7, 11) is 0. The summed E-state index contributed by atoms with van der Waals surface area (Å²) < 4.78 is 41.2. The fourth-order valence-corrected chi connectivity index (χ4v) is 2.53. The Morgan fingerprint density at radius 2 is 2.14 bits per heavy atom. The molecule has 0 amide bonds. The van der Waals surface area contributed by atoms with Crippen LogP contribution in [-0.2, 0) is 17.4 Å². The van der Waals surface area contributed by atoms with E-state index in [1.165, 1.54) is 17.5 Å². The van der Waals surface area contributed by atoms with E-state index in [2.05, 4.69) is 4.98 Å². The molecule has 0 saturated heterocycles. The summed E-state index contributed by atoms with van der Waals surface area (Å²) in [6.45, 7) is 1.38. The summed E-state index contributed by atoms with van der Waals surface area (Å²) in [5.41, 5.74) is 0.622. The van der Waals surface area contributed by atoms with E-state index in [9.17, 15) is 18.0 Å². The third kappa shape index (κ3) is 2.68. The molecule has 3 rings (SSSR count). The maximum atomic E-state index is 13.3.